The van der Waals surface area contributed by atoms with Crippen molar-refractivity contribution in [2.45, 2.75) is 32.6 Å². The normalized spacial score (nSPS) is 17.6. The predicted octanol–water partition coefficient (Wildman–Crippen LogP) is 2.97. The van der Waals surface area contributed by atoms with Gasteiger partial charge >= 0.3 is 0 Å². The van der Waals surface area contributed by atoms with Gasteiger partial charge in [-0.05, 0) is 55.9 Å². The van der Waals surface area contributed by atoms with Gasteiger partial charge in [-0.25, -0.2) is 4.39 Å². The van der Waals surface area contributed by atoms with Crippen LogP contribution >= 0.6 is 12.4 Å². The molecule has 3 rings (SSSR count). The summed E-state index contributed by atoms with van der Waals surface area (Å²) in [5.74, 6) is -0.355. The smallest absolute Gasteiger partial charge is 0.211 e. The maximum absolute atomic E-state index is 14.2. The van der Waals surface area contributed by atoms with Gasteiger partial charge in [0, 0.05) is 11.3 Å². The maximum Gasteiger partial charge on any atom is 0.211 e. The first kappa shape index (κ1) is 18.9. The summed E-state index contributed by atoms with van der Waals surface area (Å²) >= 11 is 0. The Kier molecular flexibility index (Phi) is 5.74. The Balaban J connectivity index is 0.00000225. The molecule has 1 heterocycles. The van der Waals surface area contributed by atoms with Crippen molar-refractivity contribution in [1.82, 2.24) is 4.98 Å². The molecule has 4 N–H and O–H groups in total. The number of aromatic nitrogens is 1. The second kappa shape index (κ2) is 7.61. The van der Waals surface area contributed by atoms with E-state index in [0.29, 0.717) is 18.4 Å². The van der Waals surface area contributed by atoms with E-state index in [9.17, 15) is 4.39 Å². The molecule has 1 aliphatic carbocycles. The van der Waals surface area contributed by atoms with Gasteiger partial charge in [0.1, 0.15) is 5.82 Å². The average molecular weight is 362 g/mol. The average Bonchev–Trinajstić information content (AvgIpc) is 2.52. The summed E-state index contributed by atoms with van der Waals surface area (Å²) < 4.78 is 14.2. The SMILES string of the molecule is Cc1cc(C)c2c(n1)CC(c1ccccc1F)C/C2=N/N=C(N)N.Cl. The van der Waals surface area contributed by atoms with Crippen molar-refractivity contribution >= 4 is 24.1 Å². The molecule has 1 aromatic carbocycles. The zero-order valence-corrected chi connectivity index (χ0v) is 15.0. The summed E-state index contributed by atoms with van der Waals surface area (Å²) in [6.45, 7) is 3.97. The van der Waals surface area contributed by atoms with E-state index in [1.807, 2.05) is 32.0 Å². The standard InChI is InChI=1S/C18H20FN5.ClH/c1-10-7-11(2)22-15-8-12(13-5-3-4-6-14(13)19)9-16(17(10)15)23-24-18(20)21;/h3-7,12H,8-9H2,1-2H3,(H4,20,21,24);1H/b23-16-;. The van der Waals surface area contributed by atoms with Crippen LogP contribution in [0.3, 0.4) is 0 Å². The van der Waals surface area contributed by atoms with E-state index >= 15 is 0 Å². The molecule has 132 valence electrons. The number of pyridine rings is 1. The monoisotopic (exact) mass is 361 g/mol. The number of fused-ring (bicyclic) bond motifs is 1. The Morgan fingerprint density at radius 1 is 1.20 bits per heavy atom. The molecule has 0 spiro atoms. The van der Waals surface area contributed by atoms with Crippen LogP contribution in [0.1, 0.15) is 40.4 Å². The first-order chi connectivity index (χ1) is 11.5. The van der Waals surface area contributed by atoms with E-state index in [2.05, 4.69) is 15.2 Å². The zero-order valence-electron chi connectivity index (χ0n) is 14.2. The fourth-order valence-corrected chi connectivity index (χ4v) is 3.33. The van der Waals surface area contributed by atoms with E-state index in [-0.39, 0.29) is 30.1 Å². The fourth-order valence-electron chi connectivity index (χ4n) is 3.33. The lowest BCUT2D eigenvalue weighted by Gasteiger charge is -2.27. The van der Waals surface area contributed by atoms with Crippen molar-refractivity contribution < 1.29 is 4.39 Å². The second-order valence-corrected chi connectivity index (χ2v) is 6.10. The van der Waals surface area contributed by atoms with Gasteiger partial charge in [0.15, 0.2) is 0 Å². The van der Waals surface area contributed by atoms with Crippen LogP contribution in [-0.4, -0.2) is 16.7 Å². The topological polar surface area (TPSA) is 89.6 Å². The van der Waals surface area contributed by atoms with Crippen molar-refractivity contribution in [3.63, 3.8) is 0 Å². The summed E-state index contributed by atoms with van der Waals surface area (Å²) in [4.78, 5) is 4.64. The Morgan fingerprint density at radius 2 is 1.92 bits per heavy atom. The van der Waals surface area contributed by atoms with Gasteiger partial charge in [0.25, 0.3) is 0 Å². The Bertz CT molecular complexity index is 843. The van der Waals surface area contributed by atoms with Crippen LogP contribution in [0.15, 0.2) is 40.5 Å². The number of rotatable bonds is 2. The molecular formula is C18H21ClFN5. The summed E-state index contributed by atoms with van der Waals surface area (Å²) in [5, 5.41) is 8.01. The quantitative estimate of drug-likeness (QED) is 0.489. The first-order valence-electron chi connectivity index (χ1n) is 7.83. The highest BCUT2D eigenvalue weighted by Crippen LogP contribution is 2.35. The van der Waals surface area contributed by atoms with Crippen LogP contribution < -0.4 is 11.5 Å². The summed E-state index contributed by atoms with van der Waals surface area (Å²) in [5.41, 5.74) is 16.1. The number of nitrogens with two attached hydrogens (primary N) is 2. The van der Waals surface area contributed by atoms with E-state index < -0.39 is 0 Å². The molecule has 0 saturated heterocycles. The molecule has 0 aliphatic heterocycles. The van der Waals surface area contributed by atoms with Crippen molar-refractivity contribution in [2.75, 3.05) is 0 Å². The number of halogens is 2. The van der Waals surface area contributed by atoms with Crippen molar-refractivity contribution in [3.05, 3.63) is 64.2 Å². The third kappa shape index (κ3) is 3.96. The summed E-state index contributed by atoms with van der Waals surface area (Å²) in [6.07, 6.45) is 1.23. The number of hydrogen-bond donors (Lipinski definition) is 2. The third-order valence-corrected chi connectivity index (χ3v) is 4.22. The van der Waals surface area contributed by atoms with Crippen LogP contribution in [0.2, 0.25) is 0 Å². The highest BCUT2D eigenvalue weighted by atomic mass is 35.5. The van der Waals surface area contributed by atoms with E-state index in [0.717, 1.165) is 28.2 Å². The van der Waals surface area contributed by atoms with Gasteiger partial charge < -0.3 is 11.5 Å². The molecule has 0 fully saturated rings. The summed E-state index contributed by atoms with van der Waals surface area (Å²) in [6, 6.07) is 8.83. The zero-order chi connectivity index (χ0) is 17.3. The molecule has 1 unspecified atom stereocenters. The van der Waals surface area contributed by atoms with Crippen LogP contribution in [0.5, 0.6) is 0 Å². The Hall–Kier alpha value is -2.47. The maximum atomic E-state index is 14.2. The molecule has 0 saturated carbocycles. The van der Waals surface area contributed by atoms with Crippen molar-refractivity contribution in [2.24, 2.45) is 21.7 Å². The predicted molar refractivity (Wildman–Crippen MR) is 101 cm³/mol. The first-order valence-corrected chi connectivity index (χ1v) is 7.83. The lowest BCUT2D eigenvalue weighted by molar-refractivity contribution is 0.571. The number of guanidine groups is 1. The number of hydrogen-bond acceptors (Lipinski definition) is 3. The minimum atomic E-state index is -0.212. The molecule has 5 nitrogen and oxygen atoms in total. The molecule has 2 aromatic rings. The van der Waals surface area contributed by atoms with Gasteiger partial charge in [-0.1, -0.05) is 18.2 Å². The number of nitrogens with zero attached hydrogens (tertiary/aromatic N) is 3. The van der Waals surface area contributed by atoms with Crippen LogP contribution in [-0.2, 0) is 6.42 Å². The van der Waals surface area contributed by atoms with Gasteiger partial charge in [0.2, 0.25) is 5.96 Å². The highest BCUT2D eigenvalue weighted by molar-refractivity contribution is 6.04. The largest absolute Gasteiger partial charge is 0.369 e. The molecule has 7 heteroatoms. The van der Waals surface area contributed by atoms with Gasteiger partial charge in [-0.15, -0.1) is 17.5 Å². The van der Waals surface area contributed by atoms with E-state index in [1.54, 1.807) is 6.07 Å². The number of aryl methyl sites for hydroxylation is 2. The summed E-state index contributed by atoms with van der Waals surface area (Å²) in [7, 11) is 0. The van der Waals surface area contributed by atoms with Crippen LogP contribution in [0, 0.1) is 19.7 Å². The van der Waals surface area contributed by atoms with Gasteiger partial charge in [-0.3, -0.25) is 4.98 Å². The van der Waals surface area contributed by atoms with Crippen molar-refractivity contribution in [1.29, 1.82) is 0 Å². The molecule has 1 aliphatic rings. The van der Waals surface area contributed by atoms with Gasteiger partial charge in [0.05, 0.1) is 11.4 Å². The number of benzene rings is 1. The lowest BCUT2D eigenvalue weighted by atomic mass is 9.79. The lowest BCUT2D eigenvalue weighted by Crippen LogP contribution is -2.25. The minimum Gasteiger partial charge on any atom is -0.369 e. The van der Waals surface area contributed by atoms with E-state index in [1.165, 1.54) is 6.07 Å². The molecule has 1 atom stereocenters. The highest BCUT2D eigenvalue weighted by Gasteiger charge is 2.29. The van der Waals surface area contributed by atoms with E-state index in [4.69, 9.17) is 11.5 Å². The molecule has 0 radical (unpaired) electrons. The third-order valence-electron chi connectivity index (χ3n) is 4.22. The minimum absolute atomic E-state index is 0. The molecule has 1 aromatic heterocycles. The van der Waals surface area contributed by atoms with Gasteiger partial charge in [-0.2, -0.15) is 5.10 Å². The van der Waals surface area contributed by atoms with Crippen molar-refractivity contribution in [3.8, 4) is 0 Å². The molecule has 0 amide bonds. The van der Waals surface area contributed by atoms with Crippen LogP contribution in [0.25, 0.3) is 0 Å². The van der Waals surface area contributed by atoms with Crippen LogP contribution in [0.4, 0.5) is 4.39 Å². The molecule has 0 bridgehead atoms. The Labute approximate surface area is 152 Å². The second-order valence-electron chi connectivity index (χ2n) is 6.10. The Morgan fingerprint density at radius 3 is 2.60 bits per heavy atom. The molecule has 25 heavy (non-hydrogen) atoms. The molecular weight excluding hydrogens is 341 g/mol. The fraction of sp³-hybridized carbons (Fsp3) is 0.278.